The highest BCUT2D eigenvalue weighted by atomic mass is 32.2. The number of thiazole rings is 1. The number of sulfone groups is 1. The Bertz CT molecular complexity index is 1730. The summed E-state index contributed by atoms with van der Waals surface area (Å²) in [6, 6.07) is 3.83. The number of hydrogen-bond donors (Lipinski definition) is 1. The van der Waals surface area contributed by atoms with Gasteiger partial charge in [0, 0.05) is 17.0 Å². The number of nitrogens with zero attached hydrogens (tertiary/aromatic N) is 3. The van der Waals surface area contributed by atoms with Gasteiger partial charge in [-0.15, -0.1) is 11.3 Å². The summed E-state index contributed by atoms with van der Waals surface area (Å²) in [6.07, 6.45) is 2.23. The molecule has 1 aliphatic carbocycles. The molecule has 1 N–H and O–H groups in total. The number of rotatable bonds is 9. The maximum absolute atomic E-state index is 12.7. The number of ether oxygens (including phenoxy) is 2. The van der Waals surface area contributed by atoms with E-state index in [4.69, 9.17) is 4.74 Å². The molecule has 2 amide bonds. The van der Waals surface area contributed by atoms with Crippen molar-refractivity contribution in [1.82, 2.24) is 4.57 Å². The molecule has 2 heterocycles. The van der Waals surface area contributed by atoms with E-state index in [1.54, 1.807) is 0 Å². The van der Waals surface area contributed by atoms with Crippen LogP contribution in [0.2, 0.25) is 0 Å². The van der Waals surface area contributed by atoms with Gasteiger partial charge >= 0.3 is 11.9 Å². The Morgan fingerprint density at radius 3 is 2.55 bits per heavy atom. The largest absolute Gasteiger partial charge is 0.468 e. The van der Waals surface area contributed by atoms with Crippen LogP contribution in [0.15, 0.2) is 23.2 Å². The number of aryl methyl sites for hydroxylation is 1. The van der Waals surface area contributed by atoms with Gasteiger partial charge in [0.15, 0.2) is 14.6 Å². The molecule has 0 spiro atoms. The van der Waals surface area contributed by atoms with E-state index in [9.17, 15) is 37.7 Å². The van der Waals surface area contributed by atoms with Gasteiger partial charge in [0.25, 0.3) is 11.6 Å². The van der Waals surface area contributed by atoms with Gasteiger partial charge < -0.3 is 19.4 Å². The van der Waals surface area contributed by atoms with Crippen LogP contribution in [0.4, 0.5) is 10.7 Å². The Labute approximate surface area is 234 Å². The quantitative estimate of drug-likeness (QED) is 0.211. The maximum atomic E-state index is 12.7. The van der Waals surface area contributed by atoms with Crippen LogP contribution in [0.1, 0.15) is 27.2 Å². The van der Waals surface area contributed by atoms with E-state index in [2.05, 4.69) is 15.0 Å². The molecular weight excluding hydrogens is 588 g/mol. The number of nitro benzene ring substituents is 1. The topological polar surface area (TPSA) is 193 Å². The summed E-state index contributed by atoms with van der Waals surface area (Å²) in [5, 5.41) is 13.8. The predicted molar refractivity (Wildman–Crippen MR) is 144 cm³/mol. The van der Waals surface area contributed by atoms with E-state index in [0.717, 1.165) is 41.7 Å². The second-order valence-electron chi connectivity index (χ2n) is 8.60. The third-order valence-electron chi connectivity index (χ3n) is 5.87. The van der Waals surface area contributed by atoms with Gasteiger partial charge in [0.05, 0.1) is 34.9 Å². The van der Waals surface area contributed by atoms with Gasteiger partial charge in [-0.1, -0.05) is 11.3 Å². The lowest BCUT2D eigenvalue weighted by molar-refractivity contribution is -0.384. The number of non-ortho nitro benzene ring substituents is 1. The van der Waals surface area contributed by atoms with Crippen molar-refractivity contribution < 1.29 is 42.0 Å². The van der Waals surface area contributed by atoms with Crippen LogP contribution in [0, 0.1) is 10.1 Å². The van der Waals surface area contributed by atoms with Crippen molar-refractivity contribution in [2.24, 2.45) is 4.99 Å². The molecule has 0 radical (unpaired) electrons. The fraction of sp³-hybridized carbons (Fsp3) is 0.348. The molecule has 17 heteroatoms. The minimum absolute atomic E-state index is 0.0821. The van der Waals surface area contributed by atoms with Gasteiger partial charge in [0.2, 0.25) is 5.91 Å². The number of methoxy groups -OCH3 is 2. The fourth-order valence-electron chi connectivity index (χ4n) is 4.16. The molecule has 3 aromatic rings. The lowest BCUT2D eigenvalue weighted by Crippen LogP contribution is -2.29. The number of aromatic nitrogens is 1. The molecule has 0 unspecified atom stereocenters. The Morgan fingerprint density at radius 1 is 1.12 bits per heavy atom. The molecule has 4 rings (SSSR count). The van der Waals surface area contributed by atoms with Gasteiger partial charge in [0.1, 0.15) is 23.1 Å². The number of esters is 2. The first kappa shape index (κ1) is 29.0. The third kappa shape index (κ3) is 6.26. The molecule has 0 aliphatic heterocycles. The summed E-state index contributed by atoms with van der Waals surface area (Å²) in [4.78, 5) is 64.6. The highest BCUT2D eigenvalue weighted by Gasteiger charge is 2.29. The zero-order chi connectivity index (χ0) is 29.2. The Balaban J connectivity index is 1.54. The van der Waals surface area contributed by atoms with E-state index in [0.29, 0.717) is 16.6 Å². The number of nitro groups is 1. The predicted octanol–water partition coefficient (Wildman–Crippen LogP) is 1.60. The lowest BCUT2D eigenvalue weighted by atomic mass is 10.1. The Kier molecular flexibility index (Phi) is 8.45. The SMILES string of the molecule is COC(=O)Cn1c(=NC(=O)CS(=O)(=O)CC(=O)Nc2sc3c(c2C(=O)OC)CCC3)sc2cc([N+](=O)[O-])ccc21. The standard InChI is InChI=1S/C23H22N4O10S3/c1-36-19(30)9-26-14-7-6-12(27(32)33)8-16(14)39-23(26)25-18(29)11-40(34,35)10-17(28)24-21-20(22(31)37-2)13-4-3-5-15(13)38-21/h6-8H,3-5,9-11H2,1-2H3,(H,24,28). The number of benzene rings is 1. The smallest absolute Gasteiger partial charge is 0.341 e. The summed E-state index contributed by atoms with van der Waals surface area (Å²) in [6.45, 7) is -0.386. The first-order chi connectivity index (χ1) is 18.9. The number of hydrogen-bond acceptors (Lipinski definition) is 12. The minimum Gasteiger partial charge on any atom is -0.468 e. The second-order valence-corrected chi connectivity index (χ2v) is 12.8. The molecule has 212 valence electrons. The Hall–Kier alpha value is -3.96. The molecule has 0 atom stereocenters. The Morgan fingerprint density at radius 2 is 1.88 bits per heavy atom. The van der Waals surface area contributed by atoms with E-state index in [1.807, 2.05) is 0 Å². The molecule has 0 saturated carbocycles. The molecule has 2 aromatic heterocycles. The first-order valence-corrected chi connectivity index (χ1v) is 15.0. The number of nitrogens with one attached hydrogen (secondary N) is 1. The van der Waals surface area contributed by atoms with Crippen LogP contribution >= 0.6 is 22.7 Å². The zero-order valence-corrected chi connectivity index (χ0v) is 23.6. The number of amides is 2. The van der Waals surface area contributed by atoms with Gasteiger partial charge in [-0.2, -0.15) is 4.99 Å². The number of carbonyl (C=O) groups excluding carboxylic acids is 4. The number of fused-ring (bicyclic) bond motifs is 2. The second kappa shape index (κ2) is 11.6. The third-order valence-corrected chi connectivity index (χ3v) is 9.51. The fourth-order valence-corrected chi connectivity index (χ4v) is 7.55. The molecule has 1 aromatic carbocycles. The lowest BCUT2D eigenvalue weighted by Gasteiger charge is -2.07. The average molecular weight is 611 g/mol. The molecular formula is C23H22N4O10S3. The number of carbonyl (C=O) groups is 4. The number of thiophene rings is 1. The van der Waals surface area contributed by atoms with Crippen LogP contribution in [-0.2, 0) is 53.1 Å². The van der Waals surface area contributed by atoms with Crippen molar-refractivity contribution >= 4 is 77.2 Å². The van der Waals surface area contributed by atoms with E-state index in [1.165, 1.54) is 41.2 Å². The molecule has 0 saturated heterocycles. The summed E-state index contributed by atoms with van der Waals surface area (Å²) < 4.78 is 36.4. The number of anilines is 1. The van der Waals surface area contributed by atoms with E-state index < -0.39 is 50.0 Å². The highest BCUT2D eigenvalue weighted by molar-refractivity contribution is 7.92. The van der Waals surface area contributed by atoms with Crippen LogP contribution in [-0.4, -0.2) is 67.4 Å². The molecule has 14 nitrogen and oxygen atoms in total. The highest BCUT2D eigenvalue weighted by Crippen LogP contribution is 2.39. The summed E-state index contributed by atoms with van der Waals surface area (Å²) in [5.74, 6) is -5.54. The van der Waals surface area contributed by atoms with Gasteiger partial charge in [-0.3, -0.25) is 24.5 Å². The van der Waals surface area contributed by atoms with Crippen molar-refractivity contribution in [1.29, 1.82) is 0 Å². The van der Waals surface area contributed by atoms with Crippen LogP contribution in [0.5, 0.6) is 0 Å². The normalized spacial score (nSPS) is 13.2. The maximum Gasteiger partial charge on any atom is 0.341 e. The summed E-state index contributed by atoms with van der Waals surface area (Å²) in [5.41, 5.74) is 1.10. The van der Waals surface area contributed by atoms with Crippen molar-refractivity contribution in [2.75, 3.05) is 31.0 Å². The minimum atomic E-state index is -4.29. The zero-order valence-electron chi connectivity index (χ0n) is 21.1. The average Bonchev–Trinajstić information content (AvgIpc) is 3.55. The molecule has 0 bridgehead atoms. The first-order valence-electron chi connectivity index (χ1n) is 11.6. The van der Waals surface area contributed by atoms with Gasteiger partial charge in [-0.25, -0.2) is 13.2 Å². The van der Waals surface area contributed by atoms with Crippen molar-refractivity contribution in [2.45, 2.75) is 25.8 Å². The summed E-state index contributed by atoms with van der Waals surface area (Å²) in [7, 11) is -1.93. The van der Waals surface area contributed by atoms with Gasteiger partial charge in [-0.05, 0) is 30.9 Å². The van der Waals surface area contributed by atoms with E-state index in [-0.39, 0.29) is 27.6 Å². The molecule has 1 aliphatic rings. The van der Waals surface area contributed by atoms with Crippen molar-refractivity contribution in [3.8, 4) is 0 Å². The monoisotopic (exact) mass is 610 g/mol. The van der Waals surface area contributed by atoms with Crippen molar-refractivity contribution in [3.05, 3.63) is 49.1 Å². The molecule has 0 fully saturated rings. The van der Waals surface area contributed by atoms with Crippen LogP contribution in [0.3, 0.4) is 0 Å². The van der Waals surface area contributed by atoms with Crippen LogP contribution in [0.25, 0.3) is 10.2 Å². The van der Waals surface area contributed by atoms with Crippen LogP contribution < -0.4 is 10.1 Å². The van der Waals surface area contributed by atoms with Crippen molar-refractivity contribution in [3.63, 3.8) is 0 Å². The summed E-state index contributed by atoms with van der Waals surface area (Å²) >= 11 is 2.02. The molecule has 40 heavy (non-hydrogen) atoms. The van der Waals surface area contributed by atoms with E-state index >= 15 is 0 Å².